The number of methoxy groups -OCH3 is 2. The second kappa shape index (κ2) is 23.8. The number of nitrogens with zero attached hydrogens (tertiary/aromatic N) is 3. The minimum atomic E-state index is 0.0717. The van der Waals surface area contributed by atoms with Crippen LogP contribution in [-0.4, -0.2) is 46.0 Å². The van der Waals surface area contributed by atoms with Gasteiger partial charge in [0.2, 0.25) is 0 Å². The van der Waals surface area contributed by atoms with Gasteiger partial charge in [0.15, 0.2) is 0 Å². The molecular formula is C39H30Br3Cl4N3O8S3. The molecule has 1 fully saturated rings. The minimum Gasteiger partial charge on any atom is -0.508 e. The third kappa shape index (κ3) is 15.9. The van der Waals surface area contributed by atoms with Crippen molar-refractivity contribution in [3.8, 4) is 61.6 Å². The van der Waals surface area contributed by atoms with Crippen LogP contribution in [0.1, 0.15) is 12.8 Å². The van der Waals surface area contributed by atoms with Crippen LogP contribution < -0.4 is 28.4 Å². The van der Waals surface area contributed by atoms with E-state index < -0.39 is 0 Å². The van der Waals surface area contributed by atoms with Crippen molar-refractivity contribution in [2.24, 2.45) is 5.92 Å². The molecule has 0 bridgehead atoms. The van der Waals surface area contributed by atoms with E-state index in [2.05, 4.69) is 62.7 Å². The van der Waals surface area contributed by atoms with Gasteiger partial charge in [-0.3, -0.25) is 0 Å². The third-order valence-electron chi connectivity index (χ3n) is 7.26. The minimum absolute atomic E-state index is 0.0717. The van der Waals surface area contributed by atoms with E-state index in [-0.39, 0.29) is 11.5 Å². The molecule has 0 amide bonds. The van der Waals surface area contributed by atoms with Gasteiger partial charge in [0.25, 0.3) is 15.6 Å². The predicted octanol–water partition coefficient (Wildman–Crippen LogP) is 15.6. The normalized spacial score (nSPS) is 11.4. The van der Waals surface area contributed by atoms with Gasteiger partial charge < -0.3 is 38.6 Å². The zero-order chi connectivity index (χ0) is 43.2. The van der Waals surface area contributed by atoms with Crippen LogP contribution in [-0.2, 0) is 0 Å². The van der Waals surface area contributed by atoms with E-state index >= 15 is 0 Å². The van der Waals surface area contributed by atoms with E-state index in [1.165, 1.54) is 65.1 Å². The summed E-state index contributed by atoms with van der Waals surface area (Å²) in [5, 5.41) is 21.4. The van der Waals surface area contributed by atoms with Crippen molar-refractivity contribution in [3.63, 3.8) is 0 Å². The molecule has 0 unspecified atom stereocenters. The number of thiazole rings is 3. The van der Waals surface area contributed by atoms with Crippen molar-refractivity contribution in [2.75, 3.05) is 20.8 Å². The highest BCUT2D eigenvalue weighted by Gasteiger charge is 2.22. The van der Waals surface area contributed by atoms with Gasteiger partial charge in [-0.05, 0) is 115 Å². The van der Waals surface area contributed by atoms with Gasteiger partial charge in [0, 0.05) is 24.3 Å². The number of phenols is 2. The average Bonchev–Trinajstić information content (AvgIpc) is 3.60. The highest BCUT2D eigenvalue weighted by Crippen LogP contribution is 2.38. The second-order valence-electron chi connectivity index (χ2n) is 11.7. The van der Waals surface area contributed by atoms with Crippen LogP contribution in [0.5, 0.6) is 61.6 Å². The lowest BCUT2D eigenvalue weighted by molar-refractivity contribution is 0.299. The second-order valence-corrected chi connectivity index (χ2v) is 20.4. The van der Waals surface area contributed by atoms with Gasteiger partial charge in [-0.15, -0.1) is 0 Å². The lowest BCUT2D eigenvalue weighted by Crippen LogP contribution is -1.98. The Balaban J connectivity index is 0.000000155. The monoisotopic (exact) mass is 1140 g/mol. The zero-order valence-corrected chi connectivity index (χ0v) is 41.1. The van der Waals surface area contributed by atoms with Crippen molar-refractivity contribution in [3.05, 3.63) is 123 Å². The summed E-state index contributed by atoms with van der Waals surface area (Å²) < 4.78 is 34.8. The van der Waals surface area contributed by atoms with Crippen LogP contribution in [0.15, 0.2) is 103 Å². The van der Waals surface area contributed by atoms with Gasteiger partial charge in [0.1, 0.15) is 46.0 Å². The van der Waals surface area contributed by atoms with Crippen molar-refractivity contribution in [2.45, 2.75) is 12.8 Å². The molecule has 3 aromatic heterocycles. The highest BCUT2D eigenvalue weighted by atomic mass is 79.9. The SMILES string of the molecule is COc1ccc(O)c(Cl)c1.COc1ccc(Oc2ncc(Br)s2)c(Cl)c1.Clc1cc(OCC2CC2)ccc1Oc1ncc(Br)s1.Oc1ccc(Oc2ncc(Br)s2)c(Cl)c1. The lowest BCUT2D eigenvalue weighted by atomic mass is 10.3. The Morgan fingerprint density at radius 3 is 1.35 bits per heavy atom. The molecule has 316 valence electrons. The summed E-state index contributed by atoms with van der Waals surface area (Å²) in [7, 11) is 3.13. The van der Waals surface area contributed by atoms with Gasteiger partial charge in [0.05, 0.1) is 70.9 Å². The Morgan fingerprint density at radius 1 is 0.567 bits per heavy atom. The number of hydrogen-bond acceptors (Lipinski definition) is 14. The van der Waals surface area contributed by atoms with Crippen LogP contribution in [0.25, 0.3) is 0 Å². The topological polar surface area (TPSA) is 135 Å². The van der Waals surface area contributed by atoms with Crippen molar-refractivity contribution < 1.29 is 38.6 Å². The Hall–Kier alpha value is -3.23. The largest absolute Gasteiger partial charge is 0.508 e. The molecule has 3 heterocycles. The fourth-order valence-electron chi connectivity index (χ4n) is 4.17. The number of phenolic OH excluding ortho intramolecular Hbond substituents is 2. The van der Waals surface area contributed by atoms with E-state index in [0.29, 0.717) is 64.4 Å². The first-order valence-electron chi connectivity index (χ1n) is 16.9. The number of ether oxygens (including phenoxy) is 6. The van der Waals surface area contributed by atoms with Crippen molar-refractivity contribution >= 4 is 128 Å². The number of rotatable bonds is 11. The van der Waals surface area contributed by atoms with Crippen LogP contribution in [0.3, 0.4) is 0 Å². The molecule has 1 aliphatic rings. The summed E-state index contributed by atoms with van der Waals surface area (Å²) in [6, 6.07) is 19.9. The molecule has 1 saturated carbocycles. The van der Waals surface area contributed by atoms with E-state index in [0.717, 1.165) is 29.6 Å². The number of benzene rings is 4. The van der Waals surface area contributed by atoms with Gasteiger partial charge >= 0.3 is 0 Å². The Morgan fingerprint density at radius 2 is 0.967 bits per heavy atom. The summed E-state index contributed by atoms with van der Waals surface area (Å²) in [6.07, 6.45) is 7.56. The molecule has 11 nitrogen and oxygen atoms in total. The number of aromatic nitrogens is 3. The molecule has 0 atom stereocenters. The summed E-state index contributed by atoms with van der Waals surface area (Å²) >= 11 is 37.7. The summed E-state index contributed by atoms with van der Waals surface area (Å²) in [5.74, 6) is 4.63. The van der Waals surface area contributed by atoms with Gasteiger partial charge in [-0.25, -0.2) is 15.0 Å². The Kier molecular flexibility index (Phi) is 19.0. The first kappa shape index (κ1) is 47.8. The molecule has 0 aliphatic heterocycles. The molecule has 4 aromatic carbocycles. The summed E-state index contributed by atoms with van der Waals surface area (Å²) in [6.45, 7) is 0.774. The number of hydrogen-bond donors (Lipinski definition) is 2. The molecule has 60 heavy (non-hydrogen) atoms. The van der Waals surface area contributed by atoms with E-state index in [9.17, 15) is 0 Å². The molecule has 1 aliphatic carbocycles. The van der Waals surface area contributed by atoms with Crippen molar-refractivity contribution in [1.82, 2.24) is 15.0 Å². The first-order chi connectivity index (χ1) is 28.8. The Bertz CT molecular complexity index is 2470. The van der Waals surface area contributed by atoms with Crippen molar-refractivity contribution in [1.29, 1.82) is 0 Å². The smallest absolute Gasteiger partial charge is 0.279 e. The number of halogens is 7. The maximum absolute atomic E-state index is 9.15. The molecular weight excluding hydrogens is 1120 g/mol. The van der Waals surface area contributed by atoms with Crippen LogP contribution in [0.4, 0.5) is 0 Å². The Labute approximate surface area is 402 Å². The van der Waals surface area contributed by atoms with Crippen LogP contribution >= 0.6 is 128 Å². The average molecular weight is 1150 g/mol. The summed E-state index contributed by atoms with van der Waals surface area (Å²) in [5.41, 5.74) is 0. The quantitative estimate of drug-likeness (QED) is 0.128. The van der Waals surface area contributed by atoms with Crippen LogP contribution in [0, 0.1) is 5.92 Å². The lowest BCUT2D eigenvalue weighted by Gasteiger charge is -2.08. The molecule has 7 aromatic rings. The molecule has 0 spiro atoms. The fraction of sp³-hybridized carbons (Fsp3) is 0.154. The first-order valence-corrected chi connectivity index (χ1v) is 23.3. The zero-order valence-electron chi connectivity index (χ0n) is 30.9. The molecule has 0 saturated heterocycles. The van der Waals surface area contributed by atoms with Crippen LogP contribution in [0.2, 0.25) is 20.1 Å². The maximum atomic E-state index is 9.15. The van der Waals surface area contributed by atoms with E-state index in [1.54, 1.807) is 81.3 Å². The predicted molar refractivity (Wildman–Crippen MR) is 250 cm³/mol. The maximum Gasteiger partial charge on any atom is 0.279 e. The number of aromatic hydroxyl groups is 2. The highest BCUT2D eigenvalue weighted by molar-refractivity contribution is 9.11. The van der Waals surface area contributed by atoms with E-state index in [4.69, 9.17) is 85.0 Å². The third-order valence-corrected chi connectivity index (χ3v) is 12.5. The molecule has 21 heteroatoms. The van der Waals surface area contributed by atoms with Gasteiger partial charge in [-0.1, -0.05) is 80.4 Å². The summed E-state index contributed by atoms with van der Waals surface area (Å²) in [4.78, 5) is 12.2. The molecule has 2 N–H and O–H groups in total. The molecule has 0 radical (unpaired) electrons. The van der Waals surface area contributed by atoms with E-state index in [1.807, 2.05) is 6.07 Å². The standard InChI is InChI=1S/C13H11BrClNO2S.C10H7BrClNO2S.C9H5BrClNO2S.C7H7ClO2/c14-12-6-16-13(19-12)18-11-4-3-9(5-10(11)15)17-7-8-1-2-8;1-14-6-2-3-8(7(12)4-6)15-10-13-5-9(11)16-10;10-8-4-12-9(15-8)14-7-2-1-5(13)3-6(7)11;1-10-5-2-3-7(9)6(8)4-5/h3-6,8H,1-2,7H2;2-5H,1H3;1-4,13H;2-4,9H,1H3. The van der Waals surface area contributed by atoms with Gasteiger partial charge in [-0.2, -0.15) is 0 Å². The fourth-order valence-corrected chi connectivity index (χ4v) is 8.06. The molecule has 8 rings (SSSR count).